The lowest BCUT2D eigenvalue weighted by molar-refractivity contribution is 0.0106. The van der Waals surface area contributed by atoms with Gasteiger partial charge in [-0.05, 0) is 72.8 Å². The molecule has 1 saturated heterocycles. The lowest BCUT2D eigenvalue weighted by Crippen LogP contribution is -2.40. The number of methoxy groups -OCH3 is 1. The van der Waals surface area contributed by atoms with Gasteiger partial charge in [-0.15, -0.1) is 0 Å². The van der Waals surface area contributed by atoms with Crippen LogP contribution in [0.15, 0.2) is 66.7 Å². The Morgan fingerprint density at radius 2 is 1.73 bits per heavy atom. The maximum Gasteiger partial charge on any atom is 0.161 e. The third-order valence-electron chi connectivity index (χ3n) is 7.20. The Morgan fingerprint density at radius 1 is 0.892 bits per heavy atom. The van der Waals surface area contributed by atoms with Crippen molar-refractivity contribution in [1.29, 1.82) is 0 Å². The van der Waals surface area contributed by atoms with Gasteiger partial charge in [0.1, 0.15) is 5.75 Å². The molecule has 2 aliphatic heterocycles. The molecule has 2 aliphatic rings. The van der Waals surface area contributed by atoms with Crippen LogP contribution in [0.4, 0.5) is 5.69 Å². The first-order valence-electron chi connectivity index (χ1n) is 13.5. The summed E-state index contributed by atoms with van der Waals surface area (Å²) in [5, 5.41) is 7.03. The van der Waals surface area contributed by atoms with E-state index in [-0.39, 0.29) is 6.10 Å². The van der Waals surface area contributed by atoms with E-state index in [2.05, 4.69) is 53.1 Å². The molecule has 2 heterocycles. The fourth-order valence-corrected chi connectivity index (χ4v) is 5.17. The van der Waals surface area contributed by atoms with Gasteiger partial charge in [0.2, 0.25) is 0 Å². The molecule has 0 aliphatic carbocycles. The molecule has 196 valence electrons. The molecule has 1 fully saturated rings. The van der Waals surface area contributed by atoms with Gasteiger partial charge in [-0.1, -0.05) is 36.4 Å². The summed E-state index contributed by atoms with van der Waals surface area (Å²) in [4.78, 5) is 0. The van der Waals surface area contributed by atoms with Crippen LogP contribution >= 0.6 is 0 Å². The van der Waals surface area contributed by atoms with E-state index in [0.717, 1.165) is 56.1 Å². The summed E-state index contributed by atoms with van der Waals surface area (Å²) in [5.74, 6) is 2.77. The number of piperidine rings is 1. The highest BCUT2D eigenvalue weighted by molar-refractivity contribution is 5.54. The van der Waals surface area contributed by atoms with E-state index in [1.165, 1.54) is 28.8 Å². The highest BCUT2D eigenvalue weighted by Crippen LogP contribution is 2.31. The molecule has 0 amide bonds. The van der Waals surface area contributed by atoms with Gasteiger partial charge in [0.25, 0.3) is 0 Å². The number of hydrogen-bond acceptors (Lipinski definition) is 6. The first-order valence-corrected chi connectivity index (χ1v) is 13.5. The average Bonchev–Trinajstić information content (AvgIpc) is 2.96. The summed E-state index contributed by atoms with van der Waals surface area (Å²) >= 11 is 0. The van der Waals surface area contributed by atoms with Gasteiger partial charge in [-0.2, -0.15) is 0 Å². The van der Waals surface area contributed by atoms with Crippen LogP contribution in [-0.2, 0) is 17.8 Å². The molecule has 5 rings (SSSR count). The Labute approximate surface area is 220 Å². The summed E-state index contributed by atoms with van der Waals surface area (Å²) in [5.41, 5.74) is 5.23. The highest BCUT2D eigenvalue weighted by Gasteiger charge is 2.27. The van der Waals surface area contributed by atoms with E-state index in [1.807, 2.05) is 24.3 Å². The van der Waals surface area contributed by atoms with Crippen LogP contribution in [-0.4, -0.2) is 46.1 Å². The number of benzene rings is 3. The second-order valence-electron chi connectivity index (χ2n) is 9.74. The molecule has 0 saturated carbocycles. The fourth-order valence-electron chi connectivity index (χ4n) is 5.17. The maximum absolute atomic E-state index is 6.46. The number of rotatable bonds is 11. The van der Waals surface area contributed by atoms with Crippen molar-refractivity contribution in [2.75, 3.05) is 45.3 Å². The summed E-state index contributed by atoms with van der Waals surface area (Å²) in [6.45, 7) is 4.75. The standard InChI is InChI=1S/C31H38N2O4/c1-34-29-7-2-3-8-30(29)36-19-5-18-35-26-13-11-24(12-14-26)27-15-17-32-21-31(27)37-22-23-9-10-25-6-4-16-33-28(25)20-23/h2-3,7-14,20,27,31-33H,4-6,15-19,21-22H2,1H3. The largest absolute Gasteiger partial charge is 0.493 e. The molecule has 2 atom stereocenters. The van der Waals surface area contributed by atoms with Gasteiger partial charge in [-0.25, -0.2) is 0 Å². The minimum Gasteiger partial charge on any atom is -0.493 e. The quantitative estimate of drug-likeness (QED) is 0.335. The van der Waals surface area contributed by atoms with Gasteiger partial charge in [0, 0.05) is 31.1 Å². The number of hydrogen-bond donors (Lipinski definition) is 2. The summed E-state index contributed by atoms with van der Waals surface area (Å²) in [6.07, 6.45) is 4.38. The molecular formula is C31H38N2O4. The molecule has 0 radical (unpaired) electrons. The number of para-hydroxylation sites is 2. The van der Waals surface area contributed by atoms with Gasteiger partial charge in [0.15, 0.2) is 11.5 Å². The zero-order chi connectivity index (χ0) is 25.3. The van der Waals surface area contributed by atoms with Crippen molar-refractivity contribution in [3.63, 3.8) is 0 Å². The first kappa shape index (κ1) is 25.4. The molecule has 37 heavy (non-hydrogen) atoms. The minimum absolute atomic E-state index is 0.150. The Kier molecular flexibility index (Phi) is 8.82. The van der Waals surface area contributed by atoms with Crippen molar-refractivity contribution in [3.05, 3.63) is 83.4 Å². The first-order chi connectivity index (χ1) is 18.3. The molecule has 6 nitrogen and oxygen atoms in total. The Balaban J connectivity index is 1.09. The second kappa shape index (κ2) is 12.8. The Morgan fingerprint density at radius 3 is 2.59 bits per heavy atom. The third-order valence-corrected chi connectivity index (χ3v) is 7.20. The van der Waals surface area contributed by atoms with Crippen LogP contribution in [0.25, 0.3) is 0 Å². The molecule has 3 aromatic rings. The fraction of sp³-hybridized carbons (Fsp3) is 0.419. The lowest BCUT2D eigenvalue weighted by atomic mass is 9.87. The van der Waals surface area contributed by atoms with Crippen LogP contribution in [0.3, 0.4) is 0 Å². The van der Waals surface area contributed by atoms with Gasteiger partial charge in [0.05, 0.1) is 33.0 Å². The average molecular weight is 503 g/mol. The van der Waals surface area contributed by atoms with Crippen molar-refractivity contribution in [2.45, 2.75) is 44.3 Å². The SMILES string of the molecule is COc1ccccc1OCCCOc1ccc(C2CCNCC2OCc2ccc3c(c2)NCCC3)cc1. The number of fused-ring (bicyclic) bond motifs is 1. The van der Waals surface area contributed by atoms with Gasteiger partial charge in [-0.3, -0.25) is 0 Å². The van der Waals surface area contributed by atoms with Gasteiger partial charge >= 0.3 is 0 Å². The lowest BCUT2D eigenvalue weighted by Gasteiger charge is -2.32. The summed E-state index contributed by atoms with van der Waals surface area (Å²) in [7, 11) is 1.65. The highest BCUT2D eigenvalue weighted by atomic mass is 16.5. The number of aryl methyl sites for hydroxylation is 1. The van der Waals surface area contributed by atoms with Crippen molar-refractivity contribution >= 4 is 5.69 Å². The summed E-state index contributed by atoms with van der Waals surface area (Å²) < 4.78 is 23.6. The van der Waals surface area contributed by atoms with E-state index in [0.29, 0.717) is 25.7 Å². The van der Waals surface area contributed by atoms with E-state index in [1.54, 1.807) is 7.11 Å². The monoisotopic (exact) mass is 502 g/mol. The molecule has 3 aromatic carbocycles. The molecule has 6 heteroatoms. The minimum atomic E-state index is 0.150. The van der Waals surface area contributed by atoms with Crippen molar-refractivity contribution in [3.8, 4) is 17.2 Å². The van der Waals surface area contributed by atoms with Crippen molar-refractivity contribution in [1.82, 2.24) is 5.32 Å². The molecular weight excluding hydrogens is 464 g/mol. The Hall–Kier alpha value is -3.22. The van der Waals surface area contributed by atoms with Crippen LogP contribution in [0.5, 0.6) is 17.2 Å². The normalized spacial score (nSPS) is 18.9. The van der Waals surface area contributed by atoms with Crippen LogP contribution in [0.1, 0.15) is 41.9 Å². The summed E-state index contributed by atoms with van der Waals surface area (Å²) in [6, 6.07) is 22.9. The molecule has 2 N–H and O–H groups in total. The van der Waals surface area contributed by atoms with E-state index >= 15 is 0 Å². The second-order valence-corrected chi connectivity index (χ2v) is 9.74. The van der Waals surface area contributed by atoms with Crippen LogP contribution in [0, 0.1) is 0 Å². The predicted molar refractivity (Wildman–Crippen MR) is 147 cm³/mol. The van der Waals surface area contributed by atoms with E-state index in [4.69, 9.17) is 18.9 Å². The van der Waals surface area contributed by atoms with Crippen LogP contribution in [0.2, 0.25) is 0 Å². The van der Waals surface area contributed by atoms with E-state index < -0.39 is 0 Å². The molecule has 0 spiro atoms. The molecule has 0 aromatic heterocycles. The molecule has 0 bridgehead atoms. The Bertz CT molecular complexity index is 1130. The van der Waals surface area contributed by atoms with Crippen molar-refractivity contribution in [2.24, 2.45) is 0 Å². The third kappa shape index (κ3) is 6.76. The topological polar surface area (TPSA) is 61.0 Å². The van der Waals surface area contributed by atoms with Gasteiger partial charge < -0.3 is 29.6 Å². The molecule has 2 unspecified atom stereocenters. The number of nitrogens with one attached hydrogen (secondary N) is 2. The van der Waals surface area contributed by atoms with Crippen LogP contribution < -0.4 is 24.8 Å². The van der Waals surface area contributed by atoms with E-state index in [9.17, 15) is 0 Å². The number of ether oxygens (including phenoxy) is 4. The van der Waals surface area contributed by atoms with Crippen molar-refractivity contribution < 1.29 is 18.9 Å². The zero-order valence-electron chi connectivity index (χ0n) is 21.7. The maximum atomic E-state index is 6.46. The number of anilines is 1. The predicted octanol–water partition coefficient (Wildman–Crippen LogP) is 5.56. The smallest absolute Gasteiger partial charge is 0.161 e. The zero-order valence-corrected chi connectivity index (χ0v) is 21.7.